The Balaban J connectivity index is 1.37. The standard InChI is InChI=1S/C19H31ClN2O3/c1-22-12-13(5-10-18(22)23)19(24)21-15-6-8-16(9-7-15)25-17-4-2-3-14(20)11-17/h13-17H,2-12H2,1H3,(H,21,24). The highest BCUT2D eigenvalue weighted by Crippen LogP contribution is 2.30. The Morgan fingerprint density at radius 3 is 2.56 bits per heavy atom. The van der Waals surface area contributed by atoms with Gasteiger partial charge in [0.1, 0.15) is 0 Å². The van der Waals surface area contributed by atoms with Gasteiger partial charge < -0.3 is 15.0 Å². The van der Waals surface area contributed by atoms with Crippen molar-refractivity contribution in [2.75, 3.05) is 13.6 Å². The summed E-state index contributed by atoms with van der Waals surface area (Å²) in [5.41, 5.74) is 0. The Kier molecular flexibility index (Phi) is 6.61. The van der Waals surface area contributed by atoms with Crippen molar-refractivity contribution in [1.29, 1.82) is 0 Å². The smallest absolute Gasteiger partial charge is 0.225 e. The first-order chi connectivity index (χ1) is 12.0. The van der Waals surface area contributed by atoms with Crippen molar-refractivity contribution in [2.45, 2.75) is 87.8 Å². The molecule has 25 heavy (non-hydrogen) atoms. The molecule has 0 radical (unpaired) electrons. The van der Waals surface area contributed by atoms with E-state index in [4.69, 9.17) is 16.3 Å². The summed E-state index contributed by atoms with van der Waals surface area (Å²) in [5.74, 6) is 0.198. The molecule has 3 unspecified atom stereocenters. The number of nitrogens with zero attached hydrogens (tertiary/aromatic N) is 1. The number of ether oxygens (including phenoxy) is 1. The summed E-state index contributed by atoms with van der Waals surface area (Å²) in [5, 5.41) is 3.47. The van der Waals surface area contributed by atoms with Crippen LogP contribution in [0.1, 0.15) is 64.2 Å². The van der Waals surface area contributed by atoms with Crippen LogP contribution in [-0.2, 0) is 14.3 Å². The molecule has 6 heteroatoms. The highest BCUT2D eigenvalue weighted by Gasteiger charge is 2.31. The molecule has 1 aliphatic heterocycles. The lowest BCUT2D eigenvalue weighted by molar-refractivity contribution is -0.137. The van der Waals surface area contributed by atoms with Crippen LogP contribution in [0.15, 0.2) is 0 Å². The molecule has 142 valence electrons. The lowest BCUT2D eigenvalue weighted by Gasteiger charge is -2.35. The number of carbonyl (C=O) groups is 2. The van der Waals surface area contributed by atoms with Crippen LogP contribution in [0.4, 0.5) is 0 Å². The molecule has 2 aliphatic carbocycles. The molecule has 1 N–H and O–H groups in total. The van der Waals surface area contributed by atoms with Gasteiger partial charge in [-0.05, 0) is 57.8 Å². The molecule has 0 spiro atoms. The maximum Gasteiger partial charge on any atom is 0.225 e. The van der Waals surface area contributed by atoms with E-state index < -0.39 is 0 Å². The molecule has 0 aromatic carbocycles. The third kappa shape index (κ3) is 5.33. The Morgan fingerprint density at radius 2 is 1.88 bits per heavy atom. The normalized spacial score (nSPS) is 37.0. The third-order valence-electron chi connectivity index (χ3n) is 5.97. The van der Waals surface area contributed by atoms with E-state index in [2.05, 4.69) is 5.32 Å². The summed E-state index contributed by atoms with van der Waals surface area (Å²) in [4.78, 5) is 25.7. The van der Waals surface area contributed by atoms with Crippen molar-refractivity contribution in [2.24, 2.45) is 5.92 Å². The molecular weight excluding hydrogens is 340 g/mol. The molecule has 0 bridgehead atoms. The first kappa shape index (κ1) is 19.0. The lowest BCUT2D eigenvalue weighted by Crippen LogP contribution is -2.47. The molecule has 1 heterocycles. The monoisotopic (exact) mass is 370 g/mol. The van der Waals surface area contributed by atoms with E-state index in [1.165, 1.54) is 6.42 Å². The van der Waals surface area contributed by atoms with Gasteiger partial charge in [0.25, 0.3) is 0 Å². The zero-order valence-electron chi connectivity index (χ0n) is 15.2. The van der Waals surface area contributed by atoms with Gasteiger partial charge in [0.2, 0.25) is 11.8 Å². The SMILES string of the molecule is CN1CC(C(=O)NC2CCC(OC3CCCC(Cl)C3)CC2)CCC1=O. The topological polar surface area (TPSA) is 58.6 Å². The largest absolute Gasteiger partial charge is 0.375 e. The molecule has 1 saturated heterocycles. The maximum atomic E-state index is 12.5. The number of hydrogen-bond acceptors (Lipinski definition) is 3. The van der Waals surface area contributed by atoms with Gasteiger partial charge in [0, 0.05) is 31.4 Å². The van der Waals surface area contributed by atoms with Crippen molar-refractivity contribution >= 4 is 23.4 Å². The fourth-order valence-corrected chi connectivity index (χ4v) is 4.73. The van der Waals surface area contributed by atoms with Gasteiger partial charge in [-0.2, -0.15) is 0 Å². The zero-order valence-corrected chi connectivity index (χ0v) is 16.0. The van der Waals surface area contributed by atoms with Crippen molar-refractivity contribution in [1.82, 2.24) is 10.2 Å². The Labute approximate surface area is 155 Å². The maximum absolute atomic E-state index is 12.5. The van der Waals surface area contributed by atoms with Gasteiger partial charge >= 0.3 is 0 Å². The lowest BCUT2D eigenvalue weighted by atomic mass is 9.90. The minimum atomic E-state index is -0.0560. The van der Waals surface area contributed by atoms with Gasteiger partial charge in [-0.3, -0.25) is 9.59 Å². The van der Waals surface area contributed by atoms with Crippen LogP contribution < -0.4 is 5.32 Å². The Hall–Kier alpha value is -0.810. The number of alkyl halides is 1. The third-order valence-corrected chi connectivity index (χ3v) is 6.36. The van der Waals surface area contributed by atoms with Crippen molar-refractivity contribution in [3.63, 3.8) is 0 Å². The van der Waals surface area contributed by atoms with Crippen LogP contribution in [0.5, 0.6) is 0 Å². The van der Waals surface area contributed by atoms with E-state index in [0.29, 0.717) is 31.6 Å². The van der Waals surface area contributed by atoms with E-state index in [9.17, 15) is 9.59 Å². The summed E-state index contributed by atoms with van der Waals surface area (Å²) in [7, 11) is 1.78. The van der Waals surface area contributed by atoms with Crippen LogP contribution in [0, 0.1) is 5.92 Å². The Morgan fingerprint density at radius 1 is 1.12 bits per heavy atom. The summed E-state index contributed by atoms with van der Waals surface area (Å²) in [6, 6.07) is 0.252. The molecule has 3 atom stereocenters. The number of carbonyl (C=O) groups excluding carboxylic acids is 2. The average molecular weight is 371 g/mol. The van der Waals surface area contributed by atoms with Crippen LogP contribution in [-0.4, -0.2) is 53.9 Å². The summed E-state index contributed by atoms with van der Waals surface area (Å²) in [6.07, 6.45) is 10.2. The second kappa shape index (κ2) is 8.72. The first-order valence-electron chi connectivity index (χ1n) is 9.85. The average Bonchev–Trinajstić information content (AvgIpc) is 2.59. The van der Waals surface area contributed by atoms with Crippen molar-refractivity contribution in [3.05, 3.63) is 0 Å². The highest BCUT2D eigenvalue weighted by molar-refractivity contribution is 6.20. The zero-order chi connectivity index (χ0) is 17.8. The molecular formula is C19H31ClN2O3. The fraction of sp³-hybridized carbons (Fsp3) is 0.895. The van der Waals surface area contributed by atoms with Gasteiger partial charge in [0.05, 0.1) is 18.1 Å². The van der Waals surface area contributed by atoms with Gasteiger partial charge in [-0.25, -0.2) is 0 Å². The van der Waals surface area contributed by atoms with Crippen LogP contribution in [0.25, 0.3) is 0 Å². The molecule has 5 nitrogen and oxygen atoms in total. The van der Waals surface area contributed by atoms with E-state index in [1.54, 1.807) is 11.9 Å². The van der Waals surface area contributed by atoms with E-state index >= 15 is 0 Å². The molecule has 3 fully saturated rings. The van der Waals surface area contributed by atoms with Crippen molar-refractivity contribution in [3.8, 4) is 0 Å². The summed E-state index contributed by atoms with van der Waals surface area (Å²) in [6.45, 7) is 0.546. The molecule has 0 aromatic heterocycles. The highest BCUT2D eigenvalue weighted by atomic mass is 35.5. The number of likely N-dealkylation sites (tertiary alicyclic amines) is 1. The molecule has 3 aliphatic rings. The molecule has 2 amide bonds. The van der Waals surface area contributed by atoms with Crippen molar-refractivity contribution < 1.29 is 14.3 Å². The van der Waals surface area contributed by atoms with Crippen LogP contribution in [0.3, 0.4) is 0 Å². The summed E-state index contributed by atoms with van der Waals surface area (Å²) >= 11 is 6.25. The minimum absolute atomic E-state index is 0.0560. The molecule has 0 aromatic rings. The van der Waals surface area contributed by atoms with Crippen LogP contribution >= 0.6 is 11.6 Å². The summed E-state index contributed by atoms with van der Waals surface area (Å²) < 4.78 is 6.26. The number of rotatable bonds is 4. The molecule has 2 saturated carbocycles. The number of piperidine rings is 1. The number of nitrogens with one attached hydrogen (secondary N) is 1. The fourth-order valence-electron chi connectivity index (χ4n) is 4.37. The first-order valence-corrected chi connectivity index (χ1v) is 10.3. The predicted octanol–water partition coefficient (Wildman–Crippen LogP) is 2.85. The quantitative estimate of drug-likeness (QED) is 0.774. The number of amides is 2. The van der Waals surface area contributed by atoms with Crippen LogP contribution in [0.2, 0.25) is 0 Å². The van der Waals surface area contributed by atoms with E-state index in [-0.39, 0.29) is 29.2 Å². The number of halogens is 1. The van der Waals surface area contributed by atoms with Gasteiger partial charge in [0.15, 0.2) is 0 Å². The Bertz CT molecular complexity index is 479. The van der Waals surface area contributed by atoms with Gasteiger partial charge in [-0.15, -0.1) is 11.6 Å². The molecule has 3 rings (SSSR count). The second-order valence-electron chi connectivity index (χ2n) is 8.01. The van der Waals surface area contributed by atoms with E-state index in [1.807, 2.05) is 0 Å². The second-order valence-corrected chi connectivity index (χ2v) is 8.63. The van der Waals surface area contributed by atoms with E-state index in [0.717, 1.165) is 44.9 Å². The minimum Gasteiger partial charge on any atom is -0.375 e. The van der Waals surface area contributed by atoms with Gasteiger partial charge in [-0.1, -0.05) is 0 Å². The predicted molar refractivity (Wildman–Crippen MR) is 97.5 cm³/mol. The number of hydrogen-bond donors (Lipinski definition) is 1.